The van der Waals surface area contributed by atoms with Crippen molar-refractivity contribution in [3.8, 4) is 44.8 Å². The first-order valence-corrected chi connectivity index (χ1v) is 18.4. The molecule has 2 nitrogen and oxygen atoms in total. The molecule has 9 aromatic carbocycles. The van der Waals surface area contributed by atoms with Crippen molar-refractivity contribution in [3.63, 3.8) is 0 Å². The number of nitrogens with zero attached hydrogens (tertiary/aromatic N) is 2. The van der Waals surface area contributed by atoms with Crippen molar-refractivity contribution >= 4 is 54.4 Å². The van der Waals surface area contributed by atoms with Gasteiger partial charge in [-0.1, -0.05) is 164 Å². The van der Waals surface area contributed by atoms with Crippen LogP contribution < -0.4 is 0 Å². The van der Waals surface area contributed by atoms with Crippen LogP contribution >= 0.6 is 0 Å². The Morgan fingerprint density at radius 3 is 1.76 bits per heavy atom. The van der Waals surface area contributed by atoms with Gasteiger partial charge in [-0.2, -0.15) is 0 Å². The molecular formula is C52H34N2. The normalized spacial score (nSPS) is 12.5. The lowest BCUT2D eigenvalue weighted by Gasteiger charge is -2.16. The molecule has 252 valence electrons. The molecule has 0 aliphatic rings. The van der Waals surface area contributed by atoms with Crippen molar-refractivity contribution in [2.75, 3.05) is 0 Å². The summed E-state index contributed by atoms with van der Waals surface area (Å²) in [6, 6.07) is 65.1. The summed E-state index contributed by atoms with van der Waals surface area (Å²) in [5.41, 5.74) is 10.5. The monoisotopic (exact) mass is 689 g/mol. The van der Waals surface area contributed by atoms with Crippen LogP contribution in [-0.4, -0.2) is 9.13 Å². The number of benzene rings is 9. The molecule has 0 saturated carbocycles. The van der Waals surface area contributed by atoms with Crippen LogP contribution in [0.25, 0.3) is 99.1 Å². The van der Waals surface area contributed by atoms with E-state index in [-0.39, 0.29) is 18.1 Å². The number of hydrogen-bond acceptors (Lipinski definition) is 0. The highest BCUT2D eigenvalue weighted by atomic mass is 15.0. The van der Waals surface area contributed by atoms with Crippen LogP contribution in [0.3, 0.4) is 0 Å². The van der Waals surface area contributed by atoms with Crippen molar-refractivity contribution in [3.05, 3.63) is 206 Å². The van der Waals surface area contributed by atoms with E-state index in [4.69, 9.17) is 0 Å². The molecule has 0 saturated heterocycles. The molecular weight excluding hydrogens is 653 g/mol. The Bertz CT molecular complexity index is 3370. The molecule has 0 radical (unpaired) electrons. The van der Waals surface area contributed by atoms with E-state index in [1.54, 1.807) is 0 Å². The second-order valence-corrected chi connectivity index (χ2v) is 13.9. The van der Waals surface area contributed by atoms with Crippen molar-refractivity contribution in [1.29, 1.82) is 0 Å². The van der Waals surface area contributed by atoms with Crippen molar-refractivity contribution in [1.82, 2.24) is 9.13 Å². The van der Waals surface area contributed by atoms with Gasteiger partial charge in [0.15, 0.2) is 0 Å². The number of aromatic nitrogens is 2. The molecule has 2 heterocycles. The minimum absolute atomic E-state index is 0.0438. The summed E-state index contributed by atoms with van der Waals surface area (Å²) in [5, 5.41) is 6.83. The van der Waals surface area contributed by atoms with Crippen LogP contribution in [-0.2, 0) is 0 Å². The zero-order valence-corrected chi connectivity index (χ0v) is 29.3. The summed E-state index contributed by atoms with van der Waals surface area (Å²) >= 11 is 0. The summed E-state index contributed by atoms with van der Waals surface area (Å²) in [7, 11) is 0. The summed E-state index contributed by atoms with van der Waals surface area (Å²) in [6.07, 6.45) is 0. The lowest BCUT2D eigenvalue weighted by molar-refractivity contribution is 1.17. The maximum atomic E-state index is 10.0. The van der Waals surface area contributed by atoms with Gasteiger partial charge in [-0.15, -0.1) is 0 Å². The van der Waals surface area contributed by atoms with Crippen molar-refractivity contribution in [2.45, 2.75) is 0 Å². The van der Waals surface area contributed by atoms with Gasteiger partial charge in [-0.25, -0.2) is 0 Å². The van der Waals surface area contributed by atoms with Crippen LogP contribution in [0.1, 0.15) is 4.11 Å². The number of rotatable bonds is 5. The third kappa shape index (κ3) is 4.74. The highest BCUT2D eigenvalue weighted by molar-refractivity contribution is 6.25. The lowest BCUT2D eigenvalue weighted by Crippen LogP contribution is -1.99. The predicted octanol–water partition coefficient (Wildman–Crippen LogP) is 14.0. The molecule has 0 unspecified atom stereocenters. The van der Waals surface area contributed by atoms with E-state index >= 15 is 0 Å². The fourth-order valence-electron chi connectivity index (χ4n) is 8.35. The second kappa shape index (κ2) is 12.2. The predicted molar refractivity (Wildman–Crippen MR) is 229 cm³/mol. The molecule has 11 aromatic rings. The molecule has 0 fully saturated rings. The second-order valence-electron chi connectivity index (χ2n) is 13.9. The van der Waals surface area contributed by atoms with E-state index in [0.717, 1.165) is 66.2 Å². The van der Waals surface area contributed by atoms with Gasteiger partial charge in [0.25, 0.3) is 0 Å². The molecule has 0 aliphatic carbocycles. The summed E-state index contributed by atoms with van der Waals surface area (Å²) in [4.78, 5) is 0. The van der Waals surface area contributed by atoms with Crippen LogP contribution in [0.5, 0.6) is 0 Å². The molecule has 11 rings (SSSR count). The molecule has 54 heavy (non-hydrogen) atoms. The average Bonchev–Trinajstić information content (AvgIpc) is 3.77. The smallest absolute Gasteiger partial charge is 0.0652 e. The van der Waals surface area contributed by atoms with Crippen molar-refractivity contribution < 1.29 is 4.11 Å². The Morgan fingerprint density at radius 1 is 0.352 bits per heavy atom. The maximum absolute atomic E-state index is 10.0. The molecule has 0 atom stereocenters. The minimum Gasteiger partial charge on any atom is -0.309 e. The summed E-state index contributed by atoms with van der Waals surface area (Å²) in [6.45, 7) is 0. The van der Waals surface area contributed by atoms with Crippen molar-refractivity contribution in [2.24, 2.45) is 0 Å². The van der Waals surface area contributed by atoms with E-state index in [1.807, 2.05) is 72.8 Å². The van der Waals surface area contributed by atoms with E-state index in [2.05, 4.69) is 124 Å². The van der Waals surface area contributed by atoms with Gasteiger partial charge in [-0.3, -0.25) is 0 Å². The number of fused-ring (bicyclic) bond motifs is 8. The minimum atomic E-state index is 0.0438. The van der Waals surface area contributed by atoms with Gasteiger partial charge < -0.3 is 9.13 Å². The largest absolute Gasteiger partial charge is 0.309 e. The number of para-hydroxylation sites is 1. The fourth-order valence-corrected chi connectivity index (χ4v) is 8.35. The highest BCUT2D eigenvalue weighted by Gasteiger charge is 2.21. The first kappa shape index (κ1) is 27.5. The Morgan fingerprint density at radius 2 is 0.981 bits per heavy atom. The van der Waals surface area contributed by atoms with Gasteiger partial charge >= 0.3 is 0 Å². The Balaban J connectivity index is 1.32. The van der Waals surface area contributed by atoms with Gasteiger partial charge in [0.05, 0.1) is 31.9 Å². The van der Waals surface area contributed by atoms with Gasteiger partial charge in [0.2, 0.25) is 0 Å². The molecule has 0 N–H and O–H groups in total. The first-order valence-electron chi connectivity index (χ1n) is 19.9. The average molecular weight is 690 g/mol. The molecule has 0 aliphatic heterocycles. The van der Waals surface area contributed by atoms with Crippen LogP contribution in [0.2, 0.25) is 0 Å². The summed E-state index contributed by atoms with van der Waals surface area (Å²) < 4.78 is 33.5. The lowest BCUT2D eigenvalue weighted by atomic mass is 9.98. The molecule has 0 amide bonds. The SMILES string of the molecule is [2H]c1c([2H])c(-c2ccccc2)c(-n2c3ccccc3c3cc4c5c6ccccc6ccc5n(-c5cccc(-c6ccccc6)c5)c4cc32)c([2H])c1-c1ccccc1. The molecule has 0 spiro atoms. The third-order valence-corrected chi connectivity index (χ3v) is 10.8. The molecule has 2 aromatic heterocycles. The Hall–Kier alpha value is -7.16. The first-order chi connectivity index (χ1) is 28.1. The van der Waals surface area contributed by atoms with E-state index in [1.165, 1.54) is 16.2 Å². The fraction of sp³-hybridized carbons (Fsp3) is 0. The standard InChI is InChI=1S/C52H34N2/c1-4-15-35(16-5-1)39-22-14-23-41(31-39)53-48-30-28-38-21-10-11-24-43(38)52(48)46-33-45-44-25-12-13-26-47(44)54(50(45)34-51(46)53)49-32-40(36-17-6-2-7-18-36)27-29-42(49)37-19-8-3-9-20-37/h1-34H/i27D,29D,32D. The van der Waals surface area contributed by atoms with E-state index in [9.17, 15) is 4.11 Å². The van der Waals surface area contributed by atoms with Crippen LogP contribution in [0.4, 0.5) is 0 Å². The molecule has 2 heteroatoms. The van der Waals surface area contributed by atoms with Crippen LogP contribution in [0.15, 0.2) is 206 Å². The van der Waals surface area contributed by atoms with Crippen LogP contribution in [0, 0.1) is 0 Å². The topological polar surface area (TPSA) is 9.86 Å². The van der Waals surface area contributed by atoms with E-state index in [0.29, 0.717) is 16.8 Å². The quantitative estimate of drug-likeness (QED) is 0.170. The van der Waals surface area contributed by atoms with Gasteiger partial charge in [0.1, 0.15) is 0 Å². The highest BCUT2D eigenvalue weighted by Crippen LogP contribution is 2.44. The van der Waals surface area contributed by atoms with Gasteiger partial charge in [0, 0.05) is 32.8 Å². The molecule has 0 bridgehead atoms. The number of hydrogen-bond donors (Lipinski definition) is 0. The zero-order chi connectivity index (χ0) is 38.2. The Labute approximate surface area is 317 Å². The Kier molecular flexibility index (Phi) is 6.22. The third-order valence-electron chi connectivity index (χ3n) is 10.8. The summed E-state index contributed by atoms with van der Waals surface area (Å²) in [5.74, 6) is 0. The maximum Gasteiger partial charge on any atom is 0.0652 e. The zero-order valence-electron chi connectivity index (χ0n) is 32.3. The van der Waals surface area contributed by atoms with E-state index < -0.39 is 0 Å². The van der Waals surface area contributed by atoms with Gasteiger partial charge in [-0.05, 0) is 81.0 Å².